The van der Waals surface area contributed by atoms with Gasteiger partial charge in [-0.05, 0) is 25.3 Å². The molecule has 2 aliphatic heterocycles. The van der Waals surface area contributed by atoms with Crippen LogP contribution in [0.2, 0.25) is 0 Å². The molecule has 1 aromatic rings. The largest absolute Gasteiger partial charge is 0.381 e. The number of urea groups is 1. The first kappa shape index (κ1) is 18.2. The maximum atomic E-state index is 12.3. The molecule has 0 radical (unpaired) electrons. The maximum absolute atomic E-state index is 12.3. The van der Waals surface area contributed by atoms with Gasteiger partial charge < -0.3 is 20.1 Å². The number of hydrogen-bond donors (Lipinski definition) is 2. The van der Waals surface area contributed by atoms with E-state index in [9.17, 15) is 4.79 Å². The van der Waals surface area contributed by atoms with Gasteiger partial charge in [-0.1, -0.05) is 29.8 Å². The number of morpholine rings is 1. The van der Waals surface area contributed by atoms with E-state index in [1.54, 1.807) is 0 Å². The van der Waals surface area contributed by atoms with Crippen molar-refractivity contribution in [2.24, 2.45) is 0 Å². The van der Waals surface area contributed by atoms with Crippen LogP contribution >= 0.6 is 0 Å². The predicted octanol–water partition coefficient (Wildman–Crippen LogP) is 1.85. The average molecular weight is 347 g/mol. The third-order valence-corrected chi connectivity index (χ3v) is 4.93. The van der Waals surface area contributed by atoms with E-state index in [0.29, 0.717) is 6.54 Å². The van der Waals surface area contributed by atoms with Gasteiger partial charge in [0.25, 0.3) is 0 Å². The minimum absolute atomic E-state index is 0.0854. The lowest BCUT2D eigenvalue weighted by Crippen LogP contribution is -2.48. The van der Waals surface area contributed by atoms with Gasteiger partial charge in [0, 0.05) is 38.9 Å². The van der Waals surface area contributed by atoms with Crippen LogP contribution in [0.3, 0.4) is 0 Å². The molecule has 2 heterocycles. The van der Waals surface area contributed by atoms with Crippen molar-refractivity contribution in [3.8, 4) is 0 Å². The van der Waals surface area contributed by atoms with Crippen molar-refractivity contribution in [3.05, 3.63) is 35.4 Å². The standard InChI is InChI=1S/C19H29N3O3/c1-15-3-2-4-16(13-15)18(22-7-11-25-12-8-22)14-20-19(23)21-17-5-9-24-10-6-17/h2-4,13,17-18H,5-12,14H2,1H3,(H2,20,21,23). The molecule has 1 aromatic carbocycles. The molecule has 0 aromatic heterocycles. The van der Waals surface area contributed by atoms with E-state index in [2.05, 4.69) is 46.7 Å². The number of ether oxygens (including phenoxy) is 2. The van der Waals surface area contributed by atoms with Crippen molar-refractivity contribution in [1.29, 1.82) is 0 Å². The average Bonchev–Trinajstić information content (AvgIpc) is 2.64. The molecule has 3 rings (SSSR count). The third-order valence-electron chi connectivity index (χ3n) is 4.93. The minimum Gasteiger partial charge on any atom is -0.381 e. The highest BCUT2D eigenvalue weighted by molar-refractivity contribution is 5.74. The van der Waals surface area contributed by atoms with Crippen molar-refractivity contribution in [3.63, 3.8) is 0 Å². The number of rotatable bonds is 5. The molecule has 2 amide bonds. The van der Waals surface area contributed by atoms with E-state index in [-0.39, 0.29) is 18.1 Å². The first-order valence-corrected chi connectivity index (χ1v) is 9.23. The van der Waals surface area contributed by atoms with Crippen molar-refractivity contribution < 1.29 is 14.3 Å². The van der Waals surface area contributed by atoms with E-state index >= 15 is 0 Å². The lowest BCUT2D eigenvalue weighted by molar-refractivity contribution is 0.0166. The highest BCUT2D eigenvalue weighted by atomic mass is 16.5. The van der Waals surface area contributed by atoms with Crippen molar-refractivity contribution in [2.45, 2.75) is 31.8 Å². The quantitative estimate of drug-likeness (QED) is 0.853. The van der Waals surface area contributed by atoms with Gasteiger partial charge in [0.05, 0.1) is 19.3 Å². The second kappa shape index (κ2) is 9.17. The highest BCUT2D eigenvalue weighted by Crippen LogP contribution is 2.22. The Morgan fingerprint density at radius 2 is 1.92 bits per heavy atom. The number of carbonyl (C=O) groups is 1. The van der Waals surface area contributed by atoms with Gasteiger partial charge in [-0.15, -0.1) is 0 Å². The van der Waals surface area contributed by atoms with Crippen LogP contribution in [0.15, 0.2) is 24.3 Å². The third kappa shape index (κ3) is 5.42. The molecular weight excluding hydrogens is 318 g/mol. The highest BCUT2D eigenvalue weighted by Gasteiger charge is 2.24. The number of hydrogen-bond acceptors (Lipinski definition) is 4. The van der Waals surface area contributed by atoms with E-state index in [1.165, 1.54) is 11.1 Å². The van der Waals surface area contributed by atoms with E-state index in [1.807, 2.05) is 0 Å². The SMILES string of the molecule is Cc1cccc(C(CNC(=O)NC2CCOCC2)N2CCOCC2)c1. The van der Waals surface area contributed by atoms with Gasteiger partial charge in [-0.25, -0.2) is 4.79 Å². The Kier molecular flexibility index (Phi) is 6.67. The van der Waals surface area contributed by atoms with Gasteiger partial charge in [0.15, 0.2) is 0 Å². The summed E-state index contributed by atoms with van der Waals surface area (Å²) in [5, 5.41) is 6.14. The predicted molar refractivity (Wildman–Crippen MR) is 96.7 cm³/mol. The Morgan fingerprint density at radius 3 is 2.64 bits per heavy atom. The number of benzene rings is 1. The number of nitrogens with zero attached hydrogens (tertiary/aromatic N) is 1. The number of nitrogens with one attached hydrogen (secondary N) is 2. The first-order valence-electron chi connectivity index (χ1n) is 9.23. The lowest BCUT2D eigenvalue weighted by atomic mass is 10.0. The van der Waals surface area contributed by atoms with Crippen LogP contribution < -0.4 is 10.6 Å². The van der Waals surface area contributed by atoms with E-state index < -0.39 is 0 Å². The molecule has 0 spiro atoms. The topological polar surface area (TPSA) is 62.8 Å². The van der Waals surface area contributed by atoms with Crippen LogP contribution in [0.4, 0.5) is 4.79 Å². The summed E-state index contributed by atoms with van der Waals surface area (Å²) in [5.74, 6) is 0. The summed E-state index contributed by atoms with van der Waals surface area (Å²) in [6.45, 7) is 7.43. The van der Waals surface area contributed by atoms with Crippen LogP contribution in [-0.4, -0.2) is 63.0 Å². The van der Waals surface area contributed by atoms with Crippen LogP contribution in [0.1, 0.15) is 30.0 Å². The summed E-state index contributed by atoms with van der Waals surface area (Å²) < 4.78 is 10.8. The Balaban J connectivity index is 1.59. The molecule has 25 heavy (non-hydrogen) atoms. The fraction of sp³-hybridized carbons (Fsp3) is 0.632. The fourth-order valence-corrected chi connectivity index (χ4v) is 3.49. The summed E-state index contributed by atoms with van der Waals surface area (Å²) in [4.78, 5) is 14.7. The molecule has 0 aliphatic carbocycles. The lowest BCUT2D eigenvalue weighted by Gasteiger charge is -2.35. The molecule has 1 atom stereocenters. The second-order valence-electron chi connectivity index (χ2n) is 6.82. The maximum Gasteiger partial charge on any atom is 0.315 e. The van der Waals surface area contributed by atoms with Gasteiger partial charge in [-0.3, -0.25) is 4.90 Å². The molecule has 6 nitrogen and oxygen atoms in total. The number of aryl methyl sites for hydroxylation is 1. The molecule has 0 bridgehead atoms. The molecule has 2 aliphatic rings. The number of amides is 2. The zero-order valence-corrected chi connectivity index (χ0v) is 15.0. The fourth-order valence-electron chi connectivity index (χ4n) is 3.49. The van der Waals surface area contributed by atoms with Crippen molar-refractivity contribution >= 4 is 6.03 Å². The number of carbonyl (C=O) groups excluding carboxylic acids is 1. The molecule has 2 saturated heterocycles. The Bertz CT molecular complexity index is 555. The monoisotopic (exact) mass is 347 g/mol. The van der Waals surface area contributed by atoms with Crippen LogP contribution in [-0.2, 0) is 9.47 Å². The van der Waals surface area contributed by atoms with Crippen LogP contribution in [0, 0.1) is 6.92 Å². The minimum atomic E-state index is -0.0854. The molecule has 0 saturated carbocycles. The van der Waals surface area contributed by atoms with Gasteiger partial charge in [-0.2, -0.15) is 0 Å². The summed E-state index contributed by atoms with van der Waals surface area (Å²) in [6.07, 6.45) is 1.77. The second-order valence-corrected chi connectivity index (χ2v) is 6.82. The molecular formula is C19H29N3O3. The summed E-state index contributed by atoms with van der Waals surface area (Å²) in [7, 11) is 0. The van der Waals surface area contributed by atoms with E-state index in [4.69, 9.17) is 9.47 Å². The first-order chi connectivity index (χ1) is 12.2. The smallest absolute Gasteiger partial charge is 0.315 e. The van der Waals surface area contributed by atoms with Gasteiger partial charge in [0.1, 0.15) is 0 Å². The Morgan fingerprint density at radius 1 is 1.20 bits per heavy atom. The Hall–Kier alpha value is -1.63. The summed E-state index contributed by atoms with van der Waals surface area (Å²) in [5.41, 5.74) is 2.48. The van der Waals surface area contributed by atoms with Crippen molar-refractivity contribution in [2.75, 3.05) is 46.1 Å². The molecule has 138 valence electrons. The summed E-state index contributed by atoms with van der Waals surface area (Å²) in [6, 6.07) is 8.84. The molecule has 2 N–H and O–H groups in total. The van der Waals surface area contributed by atoms with Gasteiger partial charge in [0.2, 0.25) is 0 Å². The Labute approximate surface area is 149 Å². The molecule has 6 heteroatoms. The summed E-state index contributed by atoms with van der Waals surface area (Å²) >= 11 is 0. The molecule has 2 fully saturated rings. The zero-order chi connectivity index (χ0) is 17.5. The molecule has 1 unspecified atom stereocenters. The normalized spacial score (nSPS) is 20.8. The van der Waals surface area contributed by atoms with Crippen molar-refractivity contribution in [1.82, 2.24) is 15.5 Å². The van der Waals surface area contributed by atoms with Crippen LogP contribution in [0.5, 0.6) is 0 Å². The zero-order valence-electron chi connectivity index (χ0n) is 15.0. The van der Waals surface area contributed by atoms with E-state index in [0.717, 1.165) is 52.4 Å². The van der Waals surface area contributed by atoms with Gasteiger partial charge >= 0.3 is 6.03 Å². The van der Waals surface area contributed by atoms with Crippen LogP contribution in [0.25, 0.3) is 0 Å².